The highest BCUT2D eigenvalue weighted by molar-refractivity contribution is 6.17. The third-order valence-electron chi connectivity index (χ3n) is 2.65. The van der Waals surface area contributed by atoms with Gasteiger partial charge in [0.25, 0.3) is 0 Å². The Morgan fingerprint density at radius 2 is 2.00 bits per heavy atom. The van der Waals surface area contributed by atoms with E-state index in [-0.39, 0.29) is 0 Å². The van der Waals surface area contributed by atoms with Crippen LogP contribution in [0, 0.1) is 11.3 Å². The van der Waals surface area contributed by atoms with Gasteiger partial charge in [-0.25, -0.2) is 0 Å². The first-order chi connectivity index (χ1) is 6.88. The van der Waals surface area contributed by atoms with Crippen LogP contribution in [0.15, 0.2) is 0 Å². The summed E-state index contributed by atoms with van der Waals surface area (Å²) in [5, 5.41) is 8.53. The van der Waals surface area contributed by atoms with E-state index in [9.17, 15) is 0 Å². The SMILES string of the molecule is N#CCCN(CCCCCCl)C1CC1. The Bertz CT molecular complexity index is 184. The van der Waals surface area contributed by atoms with Gasteiger partial charge in [-0.1, -0.05) is 6.42 Å². The minimum atomic E-state index is 0.673. The maximum absolute atomic E-state index is 8.53. The first-order valence-corrected chi connectivity index (χ1v) is 6.09. The van der Waals surface area contributed by atoms with Crippen molar-refractivity contribution in [2.75, 3.05) is 19.0 Å². The summed E-state index contributed by atoms with van der Waals surface area (Å²) in [6.07, 6.45) is 6.92. The topological polar surface area (TPSA) is 27.0 Å². The lowest BCUT2D eigenvalue weighted by Crippen LogP contribution is -2.28. The van der Waals surface area contributed by atoms with Crippen LogP contribution in [0.5, 0.6) is 0 Å². The van der Waals surface area contributed by atoms with E-state index in [0.29, 0.717) is 6.42 Å². The molecule has 0 unspecified atom stereocenters. The van der Waals surface area contributed by atoms with Crippen molar-refractivity contribution in [3.8, 4) is 6.07 Å². The van der Waals surface area contributed by atoms with E-state index in [2.05, 4.69) is 11.0 Å². The van der Waals surface area contributed by atoms with Crippen molar-refractivity contribution >= 4 is 11.6 Å². The molecule has 1 rings (SSSR count). The highest BCUT2D eigenvalue weighted by Gasteiger charge is 2.27. The van der Waals surface area contributed by atoms with Crippen molar-refractivity contribution < 1.29 is 0 Å². The van der Waals surface area contributed by atoms with Gasteiger partial charge in [0, 0.05) is 24.9 Å². The fraction of sp³-hybridized carbons (Fsp3) is 0.909. The molecule has 0 N–H and O–H groups in total. The van der Waals surface area contributed by atoms with E-state index >= 15 is 0 Å². The average molecular weight is 215 g/mol. The van der Waals surface area contributed by atoms with Crippen LogP contribution in [0.25, 0.3) is 0 Å². The Balaban J connectivity index is 2.06. The molecule has 0 bridgehead atoms. The standard InChI is InChI=1S/C11H19ClN2/c12-7-2-1-3-9-14(10-4-8-13)11-5-6-11/h11H,1-7,9-10H2. The first kappa shape index (κ1) is 11.8. The molecule has 1 fully saturated rings. The van der Waals surface area contributed by atoms with Crippen LogP contribution in [0.2, 0.25) is 0 Å². The number of unbranched alkanes of at least 4 members (excludes halogenated alkanes) is 2. The van der Waals surface area contributed by atoms with E-state index in [1.54, 1.807) is 0 Å². The van der Waals surface area contributed by atoms with Crippen molar-refractivity contribution in [2.45, 2.75) is 44.6 Å². The molecule has 0 aliphatic heterocycles. The molecular formula is C11H19ClN2. The predicted molar refractivity (Wildman–Crippen MR) is 59.4 cm³/mol. The maximum atomic E-state index is 8.53. The summed E-state index contributed by atoms with van der Waals surface area (Å²) >= 11 is 5.62. The minimum Gasteiger partial charge on any atom is -0.299 e. The highest BCUT2D eigenvalue weighted by atomic mass is 35.5. The first-order valence-electron chi connectivity index (χ1n) is 5.55. The lowest BCUT2D eigenvalue weighted by atomic mass is 10.2. The van der Waals surface area contributed by atoms with E-state index in [1.165, 1.54) is 25.7 Å². The smallest absolute Gasteiger partial charge is 0.0635 e. The fourth-order valence-electron chi connectivity index (χ4n) is 1.70. The number of rotatable bonds is 8. The largest absolute Gasteiger partial charge is 0.299 e. The van der Waals surface area contributed by atoms with Gasteiger partial charge in [-0.2, -0.15) is 5.26 Å². The number of hydrogen-bond donors (Lipinski definition) is 0. The zero-order chi connectivity index (χ0) is 10.2. The molecule has 3 heteroatoms. The molecule has 0 atom stereocenters. The second-order valence-corrected chi connectivity index (χ2v) is 4.30. The molecule has 1 saturated carbocycles. The van der Waals surface area contributed by atoms with Crippen LogP contribution >= 0.6 is 11.6 Å². The second-order valence-electron chi connectivity index (χ2n) is 3.92. The normalized spacial score (nSPS) is 15.8. The summed E-state index contributed by atoms with van der Waals surface area (Å²) < 4.78 is 0. The van der Waals surface area contributed by atoms with Gasteiger partial charge in [0.15, 0.2) is 0 Å². The summed E-state index contributed by atoms with van der Waals surface area (Å²) in [6, 6.07) is 3.01. The quantitative estimate of drug-likeness (QED) is 0.459. The molecule has 1 aliphatic rings. The zero-order valence-electron chi connectivity index (χ0n) is 8.71. The Morgan fingerprint density at radius 3 is 2.57 bits per heavy atom. The van der Waals surface area contributed by atoms with Crippen LogP contribution in [-0.4, -0.2) is 29.9 Å². The summed E-state index contributed by atoms with van der Waals surface area (Å²) in [7, 11) is 0. The summed E-state index contributed by atoms with van der Waals surface area (Å²) in [4.78, 5) is 2.47. The van der Waals surface area contributed by atoms with Gasteiger partial charge in [0.05, 0.1) is 6.07 Å². The zero-order valence-corrected chi connectivity index (χ0v) is 9.47. The van der Waals surface area contributed by atoms with Crippen molar-refractivity contribution in [1.82, 2.24) is 4.90 Å². The molecule has 0 aromatic heterocycles. The lowest BCUT2D eigenvalue weighted by Gasteiger charge is -2.20. The van der Waals surface area contributed by atoms with Gasteiger partial charge in [-0.15, -0.1) is 11.6 Å². The van der Waals surface area contributed by atoms with Gasteiger partial charge < -0.3 is 0 Å². The van der Waals surface area contributed by atoms with Gasteiger partial charge in [0.2, 0.25) is 0 Å². The summed E-state index contributed by atoms with van der Waals surface area (Å²) in [6.45, 7) is 2.12. The maximum Gasteiger partial charge on any atom is 0.0635 e. The Labute approximate surface area is 91.8 Å². The van der Waals surface area contributed by atoms with Crippen molar-refractivity contribution in [1.29, 1.82) is 5.26 Å². The van der Waals surface area contributed by atoms with Gasteiger partial charge in [0.1, 0.15) is 0 Å². The van der Waals surface area contributed by atoms with E-state index in [1.807, 2.05) is 0 Å². The molecule has 0 amide bonds. The molecule has 0 radical (unpaired) electrons. The number of hydrogen-bond acceptors (Lipinski definition) is 2. The molecule has 14 heavy (non-hydrogen) atoms. The van der Waals surface area contributed by atoms with Crippen LogP contribution in [0.3, 0.4) is 0 Å². The molecular weight excluding hydrogens is 196 g/mol. The van der Waals surface area contributed by atoms with E-state index in [4.69, 9.17) is 16.9 Å². The summed E-state index contributed by atoms with van der Waals surface area (Å²) in [5.41, 5.74) is 0. The van der Waals surface area contributed by atoms with Gasteiger partial charge >= 0.3 is 0 Å². The highest BCUT2D eigenvalue weighted by Crippen LogP contribution is 2.27. The number of alkyl halides is 1. The molecule has 0 saturated heterocycles. The second kappa shape index (κ2) is 7.09. The Kier molecular flexibility index (Phi) is 5.98. The van der Waals surface area contributed by atoms with Crippen molar-refractivity contribution in [2.24, 2.45) is 0 Å². The van der Waals surface area contributed by atoms with Crippen LogP contribution < -0.4 is 0 Å². The number of nitriles is 1. The Hall–Kier alpha value is -0.260. The molecule has 0 spiro atoms. The van der Waals surface area contributed by atoms with Crippen molar-refractivity contribution in [3.63, 3.8) is 0 Å². The minimum absolute atomic E-state index is 0.673. The third-order valence-corrected chi connectivity index (χ3v) is 2.92. The molecule has 2 nitrogen and oxygen atoms in total. The van der Waals surface area contributed by atoms with Crippen LogP contribution in [0.4, 0.5) is 0 Å². The molecule has 0 heterocycles. The number of nitrogens with zero attached hydrogens (tertiary/aromatic N) is 2. The average Bonchev–Trinajstić information content (AvgIpc) is 3.00. The van der Waals surface area contributed by atoms with E-state index in [0.717, 1.165) is 31.4 Å². The van der Waals surface area contributed by atoms with Crippen LogP contribution in [-0.2, 0) is 0 Å². The monoisotopic (exact) mass is 214 g/mol. The lowest BCUT2D eigenvalue weighted by molar-refractivity contribution is 0.263. The predicted octanol–water partition coefficient (Wildman–Crippen LogP) is 2.77. The Morgan fingerprint density at radius 1 is 1.21 bits per heavy atom. The third kappa shape index (κ3) is 4.83. The summed E-state index contributed by atoms with van der Waals surface area (Å²) in [5.74, 6) is 0.779. The van der Waals surface area contributed by atoms with Crippen LogP contribution in [0.1, 0.15) is 38.5 Å². The number of halogens is 1. The molecule has 0 aromatic carbocycles. The molecule has 0 aromatic rings. The van der Waals surface area contributed by atoms with Crippen molar-refractivity contribution in [3.05, 3.63) is 0 Å². The fourth-order valence-corrected chi connectivity index (χ4v) is 1.89. The van der Waals surface area contributed by atoms with Gasteiger partial charge in [-0.05, 0) is 32.2 Å². The van der Waals surface area contributed by atoms with Gasteiger partial charge in [-0.3, -0.25) is 4.90 Å². The van der Waals surface area contributed by atoms with E-state index < -0.39 is 0 Å². The molecule has 80 valence electrons. The molecule has 1 aliphatic carbocycles.